The molecule has 0 saturated heterocycles. The van der Waals surface area contributed by atoms with Gasteiger partial charge < -0.3 is 10.1 Å². The summed E-state index contributed by atoms with van der Waals surface area (Å²) in [7, 11) is 1.51. The second-order valence-corrected chi connectivity index (χ2v) is 7.63. The van der Waals surface area contributed by atoms with E-state index in [1.54, 1.807) is 42.5 Å². The minimum atomic E-state index is -4.67. The average molecular weight is 454 g/mol. The normalized spacial score (nSPS) is 11.6. The smallest absolute Gasteiger partial charge is 0.417 e. The lowest BCUT2D eigenvalue weighted by Gasteiger charge is -2.13. The summed E-state index contributed by atoms with van der Waals surface area (Å²) in [6, 6.07) is 14.9. The van der Waals surface area contributed by atoms with E-state index in [1.165, 1.54) is 11.7 Å². The van der Waals surface area contributed by atoms with Crippen molar-refractivity contribution in [1.29, 1.82) is 0 Å². The molecule has 6 nitrogen and oxygen atoms in total. The highest BCUT2D eigenvalue weighted by Gasteiger charge is 2.36. The quantitative estimate of drug-likeness (QED) is 0.445. The summed E-state index contributed by atoms with van der Waals surface area (Å²) in [5, 5.41) is 6.85. The lowest BCUT2D eigenvalue weighted by molar-refractivity contribution is -0.136. The number of nitrogens with one attached hydrogen (secondary N) is 1. The Morgan fingerprint density at radius 1 is 1.09 bits per heavy atom. The first-order valence-electron chi connectivity index (χ1n) is 10.1. The molecule has 4 rings (SSSR count). The lowest BCUT2D eigenvalue weighted by atomic mass is 10.0. The number of fused-ring (bicyclic) bond motifs is 1. The van der Waals surface area contributed by atoms with Gasteiger partial charge in [-0.25, -0.2) is 4.68 Å². The number of ether oxygens (including phenoxy) is 1. The number of amides is 1. The number of alkyl halides is 3. The summed E-state index contributed by atoms with van der Waals surface area (Å²) in [5.41, 5.74) is 2.30. The lowest BCUT2D eigenvalue weighted by Crippen LogP contribution is -2.21. The first-order chi connectivity index (χ1) is 15.6. The number of hydrogen-bond donors (Lipinski definition) is 1. The van der Waals surface area contributed by atoms with E-state index in [2.05, 4.69) is 15.4 Å². The van der Waals surface area contributed by atoms with Crippen molar-refractivity contribution in [2.45, 2.75) is 20.0 Å². The number of rotatable bonds is 5. The number of aromatic nitrogens is 3. The summed E-state index contributed by atoms with van der Waals surface area (Å²) < 4.78 is 48.5. The van der Waals surface area contributed by atoms with Gasteiger partial charge in [-0.15, -0.1) is 0 Å². The molecule has 0 radical (unpaired) electrons. The standard InChI is InChI=1S/C24H21F3N4O2/c1-14-8-7-11-18(15(14)2)28-19(32)13-33-20-12-17(24(25,26)27)21-22(16-9-5-4-6-10-16)30-31(3)23(21)29-20/h4-12H,13H2,1-3H3,(H,28,32). The molecule has 33 heavy (non-hydrogen) atoms. The van der Waals surface area contributed by atoms with Crippen molar-refractivity contribution < 1.29 is 22.7 Å². The van der Waals surface area contributed by atoms with Crippen LogP contribution in [-0.2, 0) is 18.0 Å². The van der Waals surface area contributed by atoms with Crippen LogP contribution < -0.4 is 10.1 Å². The van der Waals surface area contributed by atoms with Crippen molar-refractivity contribution in [1.82, 2.24) is 14.8 Å². The summed E-state index contributed by atoms with van der Waals surface area (Å²) in [5.74, 6) is -0.817. The molecule has 2 aromatic carbocycles. The van der Waals surface area contributed by atoms with Crippen molar-refractivity contribution in [3.05, 3.63) is 71.3 Å². The largest absolute Gasteiger partial charge is 0.467 e. The van der Waals surface area contributed by atoms with Gasteiger partial charge in [-0.05, 0) is 31.0 Å². The highest BCUT2D eigenvalue weighted by Crippen LogP contribution is 2.40. The van der Waals surface area contributed by atoms with Crippen LogP contribution in [0.3, 0.4) is 0 Å². The van der Waals surface area contributed by atoms with Gasteiger partial charge >= 0.3 is 6.18 Å². The van der Waals surface area contributed by atoms with E-state index >= 15 is 0 Å². The molecular weight excluding hydrogens is 433 g/mol. The van der Waals surface area contributed by atoms with Crippen molar-refractivity contribution in [3.8, 4) is 17.1 Å². The number of halogens is 3. The Morgan fingerprint density at radius 3 is 2.52 bits per heavy atom. The fourth-order valence-corrected chi connectivity index (χ4v) is 3.53. The SMILES string of the molecule is Cc1cccc(NC(=O)COc2cc(C(F)(F)F)c3c(-c4ccccc4)nn(C)c3n2)c1C. The van der Waals surface area contributed by atoms with Crippen molar-refractivity contribution in [2.75, 3.05) is 11.9 Å². The van der Waals surface area contributed by atoms with Crippen LogP contribution in [0.1, 0.15) is 16.7 Å². The second kappa shape index (κ2) is 8.57. The zero-order chi connectivity index (χ0) is 23.8. The highest BCUT2D eigenvalue weighted by molar-refractivity contribution is 5.95. The van der Waals surface area contributed by atoms with Crippen LogP contribution in [0.4, 0.5) is 18.9 Å². The molecule has 0 bridgehead atoms. The molecule has 2 aromatic heterocycles. The summed E-state index contributed by atoms with van der Waals surface area (Å²) >= 11 is 0. The molecule has 9 heteroatoms. The third kappa shape index (κ3) is 4.52. The summed E-state index contributed by atoms with van der Waals surface area (Å²) in [4.78, 5) is 16.6. The summed E-state index contributed by atoms with van der Waals surface area (Å²) in [6.45, 7) is 3.28. The maximum absolute atomic E-state index is 14.0. The Bertz CT molecular complexity index is 1330. The molecule has 0 aliphatic heterocycles. The minimum absolute atomic E-state index is 0.00798. The summed E-state index contributed by atoms with van der Waals surface area (Å²) in [6.07, 6.45) is -4.67. The van der Waals surface area contributed by atoms with Crippen LogP contribution in [-0.4, -0.2) is 27.3 Å². The van der Waals surface area contributed by atoms with E-state index in [9.17, 15) is 18.0 Å². The fraction of sp³-hybridized carbons (Fsp3) is 0.208. The monoisotopic (exact) mass is 454 g/mol. The van der Waals surface area contributed by atoms with E-state index in [0.29, 0.717) is 11.3 Å². The zero-order valence-corrected chi connectivity index (χ0v) is 18.2. The first-order valence-corrected chi connectivity index (χ1v) is 10.1. The molecule has 0 aliphatic rings. The van der Waals surface area contributed by atoms with E-state index < -0.39 is 24.3 Å². The number of hydrogen-bond acceptors (Lipinski definition) is 4. The molecule has 1 N–H and O–H groups in total. The Labute approximate surface area is 188 Å². The number of anilines is 1. The van der Waals surface area contributed by atoms with Gasteiger partial charge in [-0.2, -0.15) is 23.3 Å². The van der Waals surface area contributed by atoms with Crippen LogP contribution >= 0.6 is 0 Å². The molecule has 0 aliphatic carbocycles. The number of carbonyl (C=O) groups excluding carboxylic acids is 1. The number of carbonyl (C=O) groups is 1. The van der Waals surface area contributed by atoms with E-state index in [4.69, 9.17) is 4.74 Å². The van der Waals surface area contributed by atoms with Gasteiger partial charge in [0, 0.05) is 24.4 Å². The predicted octanol–water partition coefficient (Wildman–Crippen LogP) is 5.29. The van der Waals surface area contributed by atoms with Gasteiger partial charge in [0.2, 0.25) is 5.88 Å². The molecule has 170 valence electrons. The Kier molecular flexibility index (Phi) is 5.80. The van der Waals surface area contributed by atoms with Gasteiger partial charge in [0.25, 0.3) is 5.91 Å². The van der Waals surface area contributed by atoms with Crippen molar-refractivity contribution in [2.24, 2.45) is 7.05 Å². The van der Waals surface area contributed by atoms with Crippen LogP contribution in [0, 0.1) is 13.8 Å². The zero-order valence-electron chi connectivity index (χ0n) is 18.2. The minimum Gasteiger partial charge on any atom is -0.467 e. The van der Waals surface area contributed by atoms with Crippen LogP contribution in [0.5, 0.6) is 5.88 Å². The maximum atomic E-state index is 14.0. The van der Waals surface area contributed by atoms with Gasteiger partial charge in [-0.3, -0.25) is 4.79 Å². The number of nitrogens with zero attached hydrogens (tertiary/aromatic N) is 3. The predicted molar refractivity (Wildman–Crippen MR) is 119 cm³/mol. The van der Waals surface area contributed by atoms with Crippen LogP contribution in [0.25, 0.3) is 22.3 Å². The first kappa shape index (κ1) is 22.3. The van der Waals surface area contributed by atoms with E-state index in [1.807, 2.05) is 19.9 Å². The van der Waals surface area contributed by atoms with Gasteiger partial charge in [0.15, 0.2) is 12.3 Å². The van der Waals surface area contributed by atoms with E-state index in [0.717, 1.165) is 17.2 Å². The van der Waals surface area contributed by atoms with Gasteiger partial charge in [0.1, 0.15) is 5.69 Å². The van der Waals surface area contributed by atoms with Crippen molar-refractivity contribution in [3.63, 3.8) is 0 Å². The Hall–Kier alpha value is -3.88. The molecule has 0 unspecified atom stereocenters. The second-order valence-electron chi connectivity index (χ2n) is 7.63. The topological polar surface area (TPSA) is 69.0 Å². The average Bonchev–Trinajstić information content (AvgIpc) is 3.11. The number of aryl methyl sites for hydroxylation is 2. The highest BCUT2D eigenvalue weighted by atomic mass is 19.4. The molecule has 2 heterocycles. The molecule has 0 atom stereocenters. The molecule has 0 fully saturated rings. The molecule has 0 spiro atoms. The number of pyridine rings is 1. The van der Waals surface area contributed by atoms with Crippen LogP contribution in [0.2, 0.25) is 0 Å². The molecule has 4 aromatic rings. The molecule has 1 amide bonds. The van der Waals surface area contributed by atoms with Crippen LogP contribution in [0.15, 0.2) is 54.6 Å². The Morgan fingerprint density at radius 2 is 1.82 bits per heavy atom. The maximum Gasteiger partial charge on any atom is 0.417 e. The Balaban J connectivity index is 1.66. The molecule has 0 saturated carbocycles. The molecular formula is C24H21F3N4O2. The third-order valence-electron chi connectivity index (χ3n) is 5.35. The van der Waals surface area contributed by atoms with Gasteiger partial charge in [0.05, 0.1) is 10.9 Å². The number of benzene rings is 2. The van der Waals surface area contributed by atoms with Gasteiger partial charge in [-0.1, -0.05) is 42.5 Å². The fourth-order valence-electron chi connectivity index (χ4n) is 3.53. The van der Waals surface area contributed by atoms with E-state index in [-0.39, 0.29) is 22.6 Å². The third-order valence-corrected chi connectivity index (χ3v) is 5.35. The van der Waals surface area contributed by atoms with Crippen molar-refractivity contribution >= 4 is 22.6 Å².